The molecule has 1 unspecified atom stereocenters. The molecule has 0 spiro atoms. The Bertz CT molecular complexity index is 413. The molecule has 1 atom stereocenters. The molecule has 3 heteroatoms. The van der Waals surface area contributed by atoms with Gasteiger partial charge in [-0.05, 0) is 43.9 Å². The second kappa shape index (κ2) is 5.79. The quantitative estimate of drug-likeness (QED) is 0.840. The van der Waals surface area contributed by atoms with Crippen LogP contribution in [-0.4, -0.2) is 12.6 Å². The molecule has 0 saturated heterocycles. The average Bonchev–Trinajstić information content (AvgIpc) is 2.23. The molecule has 1 aromatic rings. The molecule has 0 fully saturated rings. The van der Waals surface area contributed by atoms with Gasteiger partial charge in [-0.15, -0.1) is 0 Å². The fourth-order valence-corrected chi connectivity index (χ4v) is 2.57. The minimum Gasteiger partial charge on any atom is -0.315 e. The zero-order chi connectivity index (χ0) is 13.9. The Labute approximate surface area is 109 Å². The monoisotopic (exact) mass is 255 g/mol. The molecule has 1 aromatic carbocycles. The molecule has 102 valence electrons. The highest BCUT2D eigenvalue weighted by atomic mass is 19.1. The number of benzene rings is 1. The second-order valence-corrected chi connectivity index (χ2v) is 5.60. The summed E-state index contributed by atoms with van der Waals surface area (Å²) in [5, 5.41) is 3.28. The van der Waals surface area contributed by atoms with Crippen LogP contribution in [0.4, 0.5) is 8.78 Å². The van der Waals surface area contributed by atoms with Gasteiger partial charge in [0.25, 0.3) is 0 Å². The van der Waals surface area contributed by atoms with Crippen molar-refractivity contribution < 1.29 is 8.78 Å². The number of aryl methyl sites for hydroxylation is 1. The number of rotatable bonds is 5. The fourth-order valence-electron chi connectivity index (χ4n) is 2.57. The highest BCUT2D eigenvalue weighted by molar-refractivity contribution is 5.32. The van der Waals surface area contributed by atoms with Gasteiger partial charge in [0.2, 0.25) is 0 Å². The van der Waals surface area contributed by atoms with Crippen molar-refractivity contribution in [3.8, 4) is 0 Å². The van der Waals surface area contributed by atoms with Crippen LogP contribution in [0.1, 0.15) is 45.2 Å². The molecule has 0 aliphatic carbocycles. The Morgan fingerprint density at radius 1 is 1.28 bits per heavy atom. The van der Waals surface area contributed by atoms with E-state index in [-0.39, 0.29) is 11.6 Å². The molecule has 18 heavy (non-hydrogen) atoms. The first-order valence-electron chi connectivity index (χ1n) is 6.48. The van der Waals surface area contributed by atoms with E-state index in [0.29, 0.717) is 12.0 Å². The summed E-state index contributed by atoms with van der Waals surface area (Å²) in [6, 6.07) is 3.06. The molecule has 0 aliphatic heterocycles. The summed E-state index contributed by atoms with van der Waals surface area (Å²) in [7, 11) is 0. The Hall–Kier alpha value is -0.960. The van der Waals surface area contributed by atoms with Crippen LogP contribution in [0.3, 0.4) is 0 Å². The third-order valence-electron chi connectivity index (χ3n) is 3.33. The summed E-state index contributed by atoms with van der Waals surface area (Å²) >= 11 is 0. The molecule has 1 nitrogen and oxygen atoms in total. The van der Waals surface area contributed by atoms with Gasteiger partial charge in [-0.1, -0.05) is 26.8 Å². The first-order valence-corrected chi connectivity index (χ1v) is 6.48. The van der Waals surface area contributed by atoms with Crippen molar-refractivity contribution in [2.24, 2.45) is 0 Å². The van der Waals surface area contributed by atoms with Crippen LogP contribution in [0.5, 0.6) is 0 Å². The van der Waals surface area contributed by atoms with E-state index >= 15 is 0 Å². The maximum Gasteiger partial charge on any atom is 0.132 e. The Morgan fingerprint density at radius 3 is 2.44 bits per heavy atom. The normalized spacial score (nSPS) is 13.7. The molecule has 1 rings (SSSR count). The number of nitrogens with one attached hydrogen (secondary N) is 1. The minimum atomic E-state index is -0.526. The largest absolute Gasteiger partial charge is 0.315 e. The lowest BCUT2D eigenvalue weighted by Gasteiger charge is -2.30. The first kappa shape index (κ1) is 15.1. The Morgan fingerprint density at radius 2 is 1.89 bits per heavy atom. The maximum absolute atomic E-state index is 14.1. The van der Waals surface area contributed by atoms with Crippen molar-refractivity contribution >= 4 is 0 Å². The molecule has 0 saturated carbocycles. The maximum atomic E-state index is 14.1. The molecule has 0 radical (unpaired) electrons. The van der Waals surface area contributed by atoms with E-state index in [0.717, 1.165) is 6.54 Å². The van der Waals surface area contributed by atoms with Gasteiger partial charge in [0.05, 0.1) is 0 Å². The predicted octanol–water partition coefficient (Wildman–Crippen LogP) is 3.94. The van der Waals surface area contributed by atoms with Gasteiger partial charge in [0.1, 0.15) is 11.6 Å². The van der Waals surface area contributed by atoms with Gasteiger partial charge in [-0.2, -0.15) is 0 Å². The van der Waals surface area contributed by atoms with Crippen LogP contribution in [-0.2, 0) is 5.41 Å². The molecule has 0 aromatic heterocycles. The summed E-state index contributed by atoms with van der Waals surface area (Å²) in [5.74, 6) is -0.865. The van der Waals surface area contributed by atoms with Gasteiger partial charge in [-0.3, -0.25) is 0 Å². The lowest BCUT2D eigenvalue weighted by atomic mass is 9.78. The van der Waals surface area contributed by atoms with E-state index < -0.39 is 17.0 Å². The Balaban J connectivity index is 3.08. The summed E-state index contributed by atoms with van der Waals surface area (Å²) in [6.07, 6.45) is 0.693. The van der Waals surface area contributed by atoms with Crippen molar-refractivity contribution in [1.82, 2.24) is 5.32 Å². The van der Waals surface area contributed by atoms with E-state index in [1.807, 2.05) is 27.7 Å². The zero-order valence-electron chi connectivity index (χ0n) is 11.9. The van der Waals surface area contributed by atoms with Gasteiger partial charge < -0.3 is 5.32 Å². The van der Waals surface area contributed by atoms with Crippen LogP contribution >= 0.6 is 0 Å². The lowest BCUT2D eigenvalue weighted by Crippen LogP contribution is -2.34. The van der Waals surface area contributed by atoms with Crippen molar-refractivity contribution in [2.45, 2.75) is 52.5 Å². The molecule has 0 heterocycles. The van der Waals surface area contributed by atoms with Crippen LogP contribution in [0.2, 0.25) is 0 Å². The topological polar surface area (TPSA) is 12.0 Å². The summed E-state index contributed by atoms with van der Waals surface area (Å²) in [5.41, 5.74) is 0.171. The summed E-state index contributed by atoms with van der Waals surface area (Å²) in [4.78, 5) is 0. The standard InChI is InChI=1S/C15H23F2N/c1-6-18-11(3)9-15(4,5)13-12(16)8-7-10(2)14(13)17/h7-8,11,18H,6,9H2,1-5H3. The number of hydrogen-bond donors (Lipinski definition) is 1. The molecule has 0 aliphatic rings. The molecular weight excluding hydrogens is 232 g/mol. The molecular formula is C15H23F2N. The highest BCUT2D eigenvalue weighted by Crippen LogP contribution is 2.33. The second-order valence-electron chi connectivity index (χ2n) is 5.60. The van der Waals surface area contributed by atoms with Crippen LogP contribution in [0.25, 0.3) is 0 Å². The fraction of sp³-hybridized carbons (Fsp3) is 0.600. The first-order chi connectivity index (χ1) is 8.29. The van der Waals surface area contributed by atoms with Gasteiger partial charge in [-0.25, -0.2) is 8.78 Å². The lowest BCUT2D eigenvalue weighted by molar-refractivity contribution is 0.365. The third kappa shape index (κ3) is 3.29. The third-order valence-corrected chi connectivity index (χ3v) is 3.33. The van der Waals surface area contributed by atoms with E-state index in [9.17, 15) is 8.78 Å². The van der Waals surface area contributed by atoms with E-state index in [4.69, 9.17) is 0 Å². The van der Waals surface area contributed by atoms with E-state index in [2.05, 4.69) is 5.32 Å². The minimum absolute atomic E-state index is 0.201. The predicted molar refractivity (Wildman–Crippen MR) is 71.9 cm³/mol. The summed E-state index contributed by atoms with van der Waals surface area (Å²) in [6.45, 7) is 10.4. The van der Waals surface area contributed by atoms with Gasteiger partial charge >= 0.3 is 0 Å². The number of hydrogen-bond acceptors (Lipinski definition) is 1. The Kier molecular flexibility index (Phi) is 4.85. The zero-order valence-corrected chi connectivity index (χ0v) is 11.9. The van der Waals surface area contributed by atoms with Crippen LogP contribution in [0.15, 0.2) is 12.1 Å². The van der Waals surface area contributed by atoms with Gasteiger partial charge in [0.15, 0.2) is 0 Å². The van der Waals surface area contributed by atoms with Crippen LogP contribution < -0.4 is 5.32 Å². The smallest absolute Gasteiger partial charge is 0.132 e. The SMILES string of the molecule is CCNC(C)CC(C)(C)c1c(F)ccc(C)c1F. The van der Waals surface area contributed by atoms with E-state index in [1.165, 1.54) is 12.1 Å². The average molecular weight is 255 g/mol. The summed E-state index contributed by atoms with van der Waals surface area (Å²) < 4.78 is 28.0. The van der Waals surface area contributed by atoms with E-state index in [1.54, 1.807) is 6.92 Å². The highest BCUT2D eigenvalue weighted by Gasteiger charge is 2.30. The van der Waals surface area contributed by atoms with Crippen molar-refractivity contribution in [2.75, 3.05) is 6.54 Å². The molecule has 0 bridgehead atoms. The number of halogens is 2. The van der Waals surface area contributed by atoms with Crippen LogP contribution in [0, 0.1) is 18.6 Å². The van der Waals surface area contributed by atoms with Crippen molar-refractivity contribution in [3.63, 3.8) is 0 Å². The molecule has 1 N–H and O–H groups in total. The van der Waals surface area contributed by atoms with Crippen molar-refractivity contribution in [3.05, 3.63) is 34.9 Å². The van der Waals surface area contributed by atoms with Gasteiger partial charge in [0, 0.05) is 11.6 Å². The molecule has 0 amide bonds. The van der Waals surface area contributed by atoms with Crippen molar-refractivity contribution in [1.29, 1.82) is 0 Å².